The van der Waals surface area contributed by atoms with Crippen LogP contribution in [0.15, 0.2) is 35.1 Å². The van der Waals surface area contributed by atoms with E-state index in [1.54, 1.807) is 11.0 Å². The lowest BCUT2D eigenvalue weighted by atomic mass is 9.91. The maximum Gasteiger partial charge on any atom is 0.430 e. The molecule has 2 fully saturated rings. The van der Waals surface area contributed by atoms with Gasteiger partial charge in [-0.15, -0.1) is 0 Å². The Morgan fingerprint density at radius 3 is 2.25 bits per heavy atom. The second-order valence-corrected chi connectivity index (χ2v) is 12.2. The molecular weight excluding hydrogens is 588 g/mol. The van der Waals surface area contributed by atoms with Gasteiger partial charge in [-0.3, -0.25) is 0 Å². The molecule has 0 amide bonds. The van der Waals surface area contributed by atoms with E-state index >= 15 is 0 Å². The summed E-state index contributed by atoms with van der Waals surface area (Å²) in [7, 11) is -4.05. The van der Waals surface area contributed by atoms with Crippen LogP contribution in [0.25, 0.3) is 0 Å². The first-order chi connectivity index (χ1) is 18.6. The van der Waals surface area contributed by atoms with Crippen LogP contribution in [0.2, 0.25) is 0 Å². The molecule has 2 saturated heterocycles. The van der Waals surface area contributed by atoms with Gasteiger partial charge in [0.25, 0.3) is 5.60 Å². The summed E-state index contributed by atoms with van der Waals surface area (Å²) >= 11 is 5.25. The van der Waals surface area contributed by atoms with E-state index in [-0.39, 0.29) is 53.4 Å². The number of nitrogens with two attached hydrogens (primary N) is 1. The number of halogens is 6. The van der Waals surface area contributed by atoms with Crippen molar-refractivity contribution in [3.05, 3.63) is 40.7 Å². The average Bonchev–Trinajstić information content (AvgIpc) is 2.89. The third-order valence-corrected chi connectivity index (χ3v) is 9.69. The van der Waals surface area contributed by atoms with Crippen molar-refractivity contribution in [2.24, 2.45) is 11.7 Å². The van der Waals surface area contributed by atoms with E-state index in [9.17, 15) is 39.9 Å². The number of piperazine rings is 1. The van der Waals surface area contributed by atoms with Crippen LogP contribution >= 0.6 is 12.2 Å². The highest BCUT2D eigenvalue weighted by Crippen LogP contribution is 2.49. The molecule has 40 heavy (non-hydrogen) atoms. The number of sulfonamides is 1. The summed E-state index contributed by atoms with van der Waals surface area (Å²) in [5.41, 5.74) is -0.673. The highest BCUT2D eigenvalue weighted by Gasteiger charge is 2.71. The molecule has 17 heteroatoms. The molecule has 0 radical (unpaired) electrons. The van der Waals surface area contributed by atoms with Crippen LogP contribution in [0, 0.1) is 5.92 Å². The van der Waals surface area contributed by atoms with E-state index in [1.165, 1.54) is 10.4 Å². The average molecular weight is 616 g/mol. The van der Waals surface area contributed by atoms with Gasteiger partial charge in [0.15, 0.2) is 0 Å². The van der Waals surface area contributed by atoms with Gasteiger partial charge in [0, 0.05) is 73.8 Å². The predicted molar refractivity (Wildman–Crippen MR) is 135 cm³/mol. The molecule has 0 bridgehead atoms. The lowest BCUT2D eigenvalue weighted by Gasteiger charge is -2.43. The first kappa shape index (κ1) is 30.6. The molecule has 9 nitrogen and oxygen atoms in total. The zero-order valence-corrected chi connectivity index (χ0v) is 22.6. The molecular formula is C23H27F6N5O4S2. The minimum atomic E-state index is -6.07. The van der Waals surface area contributed by atoms with Gasteiger partial charge in [-0.25, -0.2) is 18.4 Å². The SMILES string of the molecule is NC1=CCC(=S)C(S(=O)(=O)N2CCN(c3ncc(C(O)(C(F)(F)F)C(F)(F)F)cn3)[C@@H](CC3CCOCC3)C2)=C1. The van der Waals surface area contributed by atoms with Crippen LogP contribution in [-0.2, 0) is 20.4 Å². The van der Waals surface area contributed by atoms with Gasteiger partial charge >= 0.3 is 12.4 Å². The fourth-order valence-corrected chi connectivity index (χ4v) is 7.06. The van der Waals surface area contributed by atoms with E-state index in [1.807, 2.05) is 0 Å². The Morgan fingerprint density at radius 2 is 1.68 bits per heavy atom. The zero-order chi connectivity index (χ0) is 29.5. The van der Waals surface area contributed by atoms with Crippen LogP contribution < -0.4 is 10.6 Å². The molecule has 1 aromatic rings. The number of nitrogens with zero attached hydrogens (tertiary/aromatic N) is 4. The molecule has 4 rings (SSSR count). The second kappa shape index (κ2) is 11.2. The van der Waals surface area contributed by atoms with Crippen LogP contribution in [0.1, 0.15) is 31.2 Å². The lowest BCUT2D eigenvalue weighted by molar-refractivity contribution is -0.376. The van der Waals surface area contributed by atoms with Crippen molar-refractivity contribution in [3.8, 4) is 0 Å². The van der Waals surface area contributed by atoms with E-state index in [2.05, 4.69) is 9.97 Å². The van der Waals surface area contributed by atoms with Crippen molar-refractivity contribution in [3.63, 3.8) is 0 Å². The Labute approximate surface area is 231 Å². The van der Waals surface area contributed by atoms with Gasteiger partial charge in [-0.1, -0.05) is 18.3 Å². The molecule has 222 valence electrons. The first-order valence-electron chi connectivity index (χ1n) is 12.3. The van der Waals surface area contributed by atoms with Gasteiger partial charge in [0.05, 0.1) is 4.91 Å². The fraction of sp³-hybridized carbons (Fsp3) is 0.609. The monoisotopic (exact) mass is 615 g/mol. The maximum atomic E-state index is 13.5. The molecule has 1 atom stereocenters. The number of hydrogen-bond donors (Lipinski definition) is 2. The number of allylic oxidation sites excluding steroid dienone is 3. The van der Waals surface area contributed by atoms with Crippen LogP contribution in [0.4, 0.5) is 32.3 Å². The highest BCUT2D eigenvalue weighted by molar-refractivity contribution is 7.96. The van der Waals surface area contributed by atoms with Gasteiger partial charge in [-0.05, 0) is 31.3 Å². The second-order valence-electron chi connectivity index (χ2n) is 9.82. The number of hydrogen-bond acceptors (Lipinski definition) is 9. The number of thiocarbonyl (C=S) groups is 1. The summed E-state index contributed by atoms with van der Waals surface area (Å²) in [5, 5.41) is 9.66. The van der Waals surface area contributed by atoms with E-state index < -0.39 is 39.6 Å². The molecule has 3 heterocycles. The summed E-state index contributed by atoms with van der Waals surface area (Å²) in [5.74, 6) is -0.0681. The van der Waals surface area contributed by atoms with Crippen LogP contribution in [0.5, 0.6) is 0 Å². The van der Waals surface area contributed by atoms with E-state index in [0.717, 1.165) is 0 Å². The Morgan fingerprint density at radius 1 is 1.07 bits per heavy atom. The summed E-state index contributed by atoms with van der Waals surface area (Å²) in [6.07, 6.45) is -6.64. The Kier molecular flexibility index (Phi) is 8.53. The quantitative estimate of drug-likeness (QED) is 0.368. The molecule has 0 spiro atoms. The molecule has 2 aliphatic heterocycles. The van der Waals surface area contributed by atoms with Gasteiger partial charge in [0.1, 0.15) is 0 Å². The van der Waals surface area contributed by atoms with Gasteiger partial charge in [-0.2, -0.15) is 30.6 Å². The summed E-state index contributed by atoms with van der Waals surface area (Å²) in [6.45, 7) is 0.885. The van der Waals surface area contributed by atoms with E-state index in [0.29, 0.717) is 44.9 Å². The molecule has 0 aromatic carbocycles. The number of aromatic nitrogens is 2. The van der Waals surface area contributed by atoms with Crippen molar-refractivity contribution >= 4 is 33.1 Å². The number of ether oxygens (including phenoxy) is 1. The minimum absolute atomic E-state index is 0.000631. The Balaban J connectivity index is 1.64. The smallest absolute Gasteiger partial charge is 0.399 e. The molecule has 3 aliphatic rings. The molecule has 0 unspecified atom stereocenters. The minimum Gasteiger partial charge on any atom is -0.399 e. The summed E-state index contributed by atoms with van der Waals surface area (Å²) < 4.78 is 113. The Bertz CT molecular complexity index is 1260. The number of alkyl halides is 6. The number of anilines is 1. The highest BCUT2D eigenvalue weighted by atomic mass is 32.2. The topological polar surface area (TPSA) is 122 Å². The van der Waals surface area contributed by atoms with Crippen LogP contribution in [-0.4, -0.2) is 83.9 Å². The number of rotatable bonds is 6. The maximum absolute atomic E-state index is 13.5. The molecule has 1 aliphatic carbocycles. The van der Waals surface area contributed by atoms with Crippen molar-refractivity contribution in [1.29, 1.82) is 0 Å². The van der Waals surface area contributed by atoms with Crippen molar-refractivity contribution in [2.45, 2.75) is 49.7 Å². The summed E-state index contributed by atoms with van der Waals surface area (Å²) in [6, 6.07) is -0.563. The van der Waals surface area contributed by atoms with E-state index in [4.69, 9.17) is 22.7 Å². The fourth-order valence-electron chi connectivity index (χ4n) is 4.98. The normalized spacial score (nSPS) is 22.7. The Hall–Kier alpha value is -2.34. The third kappa shape index (κ3) is 5.84. The van der Waals surface area contributed by atoms with Crippen molar-refractivity contribution in [2.75, 3.05) is 37.7 Å². The molecule has 0 saturated carbocycles. The third-order valence-electron chi connectivity index (χ3n) is 7.24. The summed E-state index contributed by atoms with van der Waals surface area (Å²) in [4.78, 5) is 9.17. The van der Waals surface area contributed by atoms with Crippen molar-refractivity contribution in [1.82, 2.24) is 14.3 Å². The zero-order valence-electron chi connectivity index (χ0n) is 21.0. The molecule has 1 aromatic heterocycles. The molecule has 3 N–H and O–H groups in total. The largest absolute Gasteiger partial charge is 0.430 e. The standard InChI is InChI=1S/C23H27F6N5O4S2/c24-22(25,26)21(35,23(27,28)29)15-11-31-20(32-12-15)34-6-5-33(13-17(34)9-14-3-7-38-8-4-14)40(36,37)19-10-16(30)1-2-18(19)39/h1,10-12,14,17,35H,2-9,13,30H2/t17-/m0/s1. The van der Waals surface area contributed by atoms with Crippen LogP contribution in [0.3, 0.4) is 0 Å². The number of aliphatic hydroxyl groups is 1. The van der Waals surface area contributed by atoms with Gasteiger partial charge in [0.2, 0.25) is 16.0 Å². The predicted octanol–water partition coefficient (Wildman–Crippen LogP) is 2.93. The first-order valence-corrected chi connectivity index (χ1v) is 14.1. The lowest BCUT2D eigenvalue weighted by Crippen LogP contribution is -2.56. The van der Waals surface area contributed by atoms with Gasteiger partial charge < -0.3 is 20.5 Å². The van der Waals surface area contributed by atoms with Crippen molar-refractivity contribution < 1.29 is 44.6 Å².